The molecule has 3 aromatic rings. The van der Waals surface area contributed by atoms with Crippen molar-refractivity contribution in [2.24, 2.45) is 11.8 Å². The molecule has 5 rings (SSSR count). The standard InChI is InChI=1S/C33H50N8O3/c1-6-13-38-14-7-8-27(32(38)43)23-41-30-28(21-36-41)29(34-24-35-30)37-15-17-39(18-16-37)31(42)26-11-9-25(10-12-26)22-40(19-20-44-5)33(2,3)4/h7-8,14,21,24-26H,6,9-13,15-20,22-23H2,1-5H3. The average Bonchev–Trinajstić information content (AvgIpc) is 3.43. The molecule has 1 saturated heterocycles. The Kier molecular flexibility index (Phi) is 10.4. The second-order valence-electron chi connectivity index (χ2n) is 13.4. The van der Waals surface area contributed by atoms with Crippen LogP contribution in [0.15, 0.2) is 35.6 Å². The minimum atomic E-state index is 0.00973. The van der Waals surface area contributed by atoms with Gasteiger partial charge in [0.1, 0.15) is 12.1 Å². The summed E-state index contributed by atoms with van der Waals surface area (Å²) in [6.45, 7) is 15.5. The van der Waals surface area contributed by atoms with Gasteiger partial charge in [-0.25, -0.2) is 14.6 Å². The number of hydrogen-bond acceptors (Lipinski definition) is 8. The van der Waals surface area contributed by atoms with Gasteiger partial charge in [0.2, 0.25) is 5.91 Å². The molecule has 1 aliphatic heterocycles. The lowest BCUT2D eigenvalue weighted by molar-refractivity contribution is -0.137. The monoisotopic (exact) mass is 606 g/mol. The summed E-state index contributed by atoms with van der Waals surface area (Å²) in [6, 6.07) is 3.77. The summed E-state index contributed by atoms with van der Waals surface area (Å²) in [6.07, 6.45) is 10.3. The van der Waals surface area contributed by atoms with E-state index in [1.54, 1.807) is 28.9 Å². The fraction of sp³-hybridized carbons (Fsp3) is 0.667. The van der Waals surface area contributed by atoms with Crippen LogP contribution in [0.2, 0.25) is 0 Å². The van der Waals surface area contributed by atoms with Crippen LogP contribution in [0, 0.1) is 11.8 Å². The first-order chi connectivity index (χ1) is 21.2. The molecule has 0 atom stereocenters. The van der Waals surface area contributed by atoms with E-state index < -0.39 is 0 Å². The third-order valence-electron chi connectivity index (χ3n) is 9.38. The zero-order valence-corrected chi connectivity index (χ0v) is 27.2. The number of anilines is 1. The molecule has 1 aliphatic carbocycles. The molecule has 1 amide bonds. The van der Waals surface area contributed by atoms with E-state index in [2.05, 4.69) is 57.5 Å². The maximum Gasteiger partial charge on any atom is 0.255 e. The van der Waals surface area contributed by atoms with Crippen molar-refractivity contribution in [2.75, 3.05) is 57.9 Å². The molecule has 0 radical (unpaired) electrons. The highest BCUT2D eigenvalue weighted by Crippen LogP contribution is 2.32. The number of piperazine rings is 1. The number of hydrogen-bond donors (Lipinski definition) is 0. The van der Waals surface area contributed by atoms with E-state index >= 15 is 0 Å². The number of amides is 1. The molecule has 44 heavy (non-hydrogen) atoms. The van der Waals surface area contributed by atoms with Crippen molar-refractivity contribution in [3.8, 4) is 0 Å². The predicted octanol–water partition coefficient (Wildman–Crippen LogP) is 3.65. The summed E-state index contributed by atoms with van der Waals surface area (Å²) in [5.74, 6) is 1.91. The highest BCUT2D eigenvalue weighted by molar-refractivity contribution is 5.87. The molecule has 3 aromatic heterocycles. The number of methoxy groups -OCH3 is 1. The van der Waals surface area contributed by atoms with Crippen molar-refractivity contribution in [1.82, 2.24) is 34.1 Å². The summed E-state index contributed by atoms with van der Waals surface area (Å²) in [5, 5.41) is 5.45. The van der Waals surface area contributed by atoms with Gasteiger partial charge in [0.25, 0.3) is 5.56 Å². The zero-order valence-electron chi connectivity index (χ0n) is 27.2. The van der Waals surface area contributed by atoms with Crippen molar-refractivity contribution < 1.29 is 9.53 Å². The highest BCUT2D eigenvalue weighted by Gasteiger charge is 2.33. The molecule has 0 unspecified atom stereocenters. The molecule has 0 spiro atoms. The molecule has 2 fully saturated rings. The van der Waals surface area contributed by atoms with E-state index in [0.29, 0.717) is 49.2 Å². The summed E-state index contributed by atoms with van der Waals surface area (Å²) < 4.78 is 8.88. The normalized spacial score (nSPS) is 19.7. The summed E-state index contributed by atoms with van der Waals surface area (Å²) in [5.41, 5.74) is 1.52. The molecule has 0 bridgehead atoms. The number of fused-ring (bicyclic) bond motifs is 1. The Hall–Kier alpha value is -3.31. The number of ether oxygens (including phenoxy) is 1. The van der Waals surface area contributed by atoms with Crippen LogP contribution in [-0.2, 0) is 22.6 Å². The first kappa shape index (κ1) is 32.1. The van der Waals surface area contributed by atoms with Gasteiger partial charge in [0.15, 0.2) is 5.65 Å². The van der Waals surface area contributed by atoms with Crippen LogP contribution < -0.4 is 10.5 Å². The fourth-order valence-corrected chi connectivity index (χ4v) is 6.74. The quantitative estimate of drug-likeness (QED) is 0.326. The molecular weight excluding hydrogens is 556 g/mol. The Morgan fingerprint density at radius 3 is 2.52 bits per heavy atom. The van der Waals surface area contributed by atoms with Crippen LogP contribution in [0.1, 0.15) is 65.4 Å². The molecule has 1 saturated carbocycles. The summed E-state index contributed by atoms with van der Waals surface area (Å²) in [4.78, 5) is 42.4. The fourth-order valence-electron chi connectivity index (χ4n) is 6.74. The second kappa shape index (κ2) is 14.2. The Balaban J connectivity index is 1.16. The summed E-state index contributed by atoms with van der Waals surface area (Å²) >= 11 is 0. The Bertz CT molecular complexity index is 1450. The van der Waals surface area contributed by atoms with Crippen LogP contribution in [0.25, 0.3) is 11.0 Å². The average molecular weight is 607 g/mol. The van der Waals surface area contributed by atoms with E-state index in [-0.39, 0.29) is 17.0 Å². The summed E-state index contributed by atoms with van der Waals surface area (Å²) in [7, 11) is 1.76. The third kappa shape index (κ3) is 7.31. The van der Waals surface area contributed by atoms with Crippen molar-refractivity contribution in [1.29, 1.82) is 0 Å². The number of pyridine rings is 1. The first-order valence-electron chi connectivity index (χ1n) is 16.3. The number of aryl methyl sites for hydroxylation is 1. The minimum Gasteiger partial charge on any atom is -0.383 e. The van der Waals surface area contributed by atoms with Crippen molar-refractivity contribution in [3.63, 3.8) is 0 Å². The largest absolute Gasteiger partial charge is 0.383 e. The second-order valence-corrected chi connectivity index (χ2v) is 13.4. The highest BCUT2D eigenvalue weighted by atomic mass is 16.5. The Labute approximate surface area is 261 Å². The van der Waals surface area contributed by atoms with Crippen LogP contribution in [0.5, 0.6) is 0 Å². The maximum atomic E-state index is 13.5. The smallest absolute Gasteiger partial charge is 0.255 e. The van der Waals surface area contributed by atoms with Gasteiger partial charge < -0.3 is 19.1 Å². The van der Waals surface area contributed by atoms with E-state index in [0.717, 1.165) is 76.1 Å². The Morgan fingerprint density at radius 2 is 1.84 bits per heavy atom. The lowest BCUT2D eigenvalue weighted by Gasteiger charge is -2.41. The maximum absolute atomic E-state index is 13.5. The van der Waals surface area contributed by atoms with Gasteiger partial charge in [-0.05, 0) is 64.9 Å². The first-order valence-corrected chi connectivity index (χ1v) is 16.3. The van der Waals surface area contributed by atoms with Gasteiger partial charge in [-0.15, -0.1) is 0 Å². The van der Waals surface area contributed by atoms with Crippen LogP contribution >= 0.6 is 0 Å². The van der Waals surface area contributed by atoms with Gasteiger partial charge in [0, 0.05) is 76.1 Å². The van der Waals surface area contributed by atoms with E-state index in [9.17, 15) is 9.59 Å². The van der Waals surface area contributed by atoms with Crippen molar-refractivity contribution in [3.05, 3.63) is 46.8 Å². The van der Waals surface area contributed by atoms with E-state index in [1.807, 2.05) is 18.3 Å². The number of aromatic nitrogens is 5. The third-order valence-corrected chi connectivity index (χ3v) is 9.38. The number of rotatable bonds is 11. The molecule has 0 aromatic carbocycles. The Morgan fingerprint density at radius 1 is 1.09 bits per heavy atom. The van der Waals surface area contributed by atoms with E-state index in [4.69, 9.17) is 4.74 Å². The minimum absolute atomic E-state index is 0.00973. The lowest BCUT2D eigenvalue weighted by atomic mass is 9.80. The topological polar surface area (TPSA) is 102 Å². The lowest BCUT2D eigenvalue weighted by Crippen LogP contribution is -2.51. The molecule has 0 N–H and O–H groups in total. The van der Waals surface area contributed by atoms with Gasteiger partial charge >= 0.3 is 0 Å². The zero-order chi connectivity index (χ0) is 31.3. The number of carbonyl (C=O) groups is 1. The molecule has 2 aliphatic rings. The van der Waals surface area contributed by atoms with Gasteiger partial charge in [-0.3, -0.25) is 14.5 Å². The molecule has 11 nitrogen and oxygen atoms in total. The predicted molar refractivity (Wildman–Crippen MR) is 173 cm³/mol. The molecule has 11 heteroatoms. The van der Waals surface area contributed by atoms with E-state index in [1.165, 1.54) is 0 Å². The molecular formula is C33H50N8O3. The SMILES string of the molecule is CCCn1cccc(Cn2ncc3c(N4CCN(C(=O)C5CCC(CN(CCOC)C(C)(C)C)CC5)CC4)ncnc32)c1=O. The molecule has 4 heterocycles. The number of nitrogens with zero attached hydrogens (tertiary/aromatic N) is 8. The van der Waals surface area contributed by atoms with Crippen LogP contribution in [-0.4, -0.2) is 98.5 Å². The van der Waals surface area contributed by atoms with Crippen molar-refractivity contribution >= 4 is 22.8 Å². The number of carbonyl (C=O) groups excluding carboxylic acids is 1. The van der Waals surface area contributed by atoms with Crippen molar-refractivity contribution in [2.45, 2.75) is 78.4 Å². The van der Waals surface area contributed by atoms with Gasteiger partial charge in [-0.1, -0.05) is 13.0 Å². The van der Waals surface area contributed by atoms with Gasteiger partial charge in [0.05, 0.1) is 24.7 Å². The van der Waals surface area contributed by atoms with Gasteiger partial charge in [-0.2, -0.15) is 5.10 Å². The van der Waals surface area contributed by atoms with Crippen LogP contribution in [0.4, 0.5) is 5.82 Å². The van der Waals surface area contributed by atoms with Crippen LogP contribution in [0.3, 0.4) is 0 Å². The molecule has 240 valence electrons.